The van der Waals surface area contributed by atoms with Gasteiger partial charge in [0.15, 0.2) is 0 Å². The molecular weight excluding hydrogens is 808 g/mol. The Morgan fingerprint density at radius 2 is 0.783 bits per heavy atom. The fourth-order valence-electron chi connectivity index (χ4n) is 5.11. The fraction of sp³-hybridized carbons (Fsp3) is 0.838. The summed E-state index contributed by atoms with van der Waals surface area (Å²) in [5.74, 6) is -1.61. The van der Waals surface area contributed by atoms with Gasteiger partial charge in [-0.3, -0.25) is 0 Å². The Bertz CT molecular complexity index is 1050. The lowest BCUT2D eigenvalue weighted by molar-refractivity contribution is -0.904. The van der Waals surface area contributed by atoms with Crippen molar-refractivity contribution >= 4 is 11.9 Å². The number of carbonyl (C=O) groups is 2. The van der Waals surface area contributed by atoms with Crippen molar-refractivity contribution in [3.63, 3.8) is 0 Å². The summed E-state index contributed by atoms with van der Waals surface area (Å²) < 4.78 is 48.4. The fourth-order valence-corrected chi connectivity index (χ4v) is 5.11. The molecular formula is C37H72N2O21+2. The average molecular weight is 881 g/mol. The topological polar surface area (TPSA) is 328 Å². The van der Waals surface area contributed by atoms with E-state index in [2.05, 4.69) is 17.9 Å². The van der Waals surface area contributed by atoms with Crippen molar-refractivity contribution in [1.29, 1.82) is 0 Å². The van der Waals surface area contributed by atoms with Crippen LogP contribution in [0.15, 0.2) is 25.3 Å². The zero-order valence-corrected chi connectivity index (χ0v) is 34.4. The zero-order valence-electron chi connectivity index (χ0n) is 34.4. The van der Waals surface area contributed by atoms with Gasteiger partial charge in [-0.2, -0.15) is 0 Å². The maximum atomic E-state index is 11.4. The van der Waals surface area contributed by atoms with E-state index >= 15 is 0 Å². The molecule has 0 radical (unpaired) electrons. The number of hydrogen-bond acceptors (Lipinski definition) is 21. The molecule has 23 nitrogen and oxygen atoms in total. The van der Waals surface area contributed by atoms with Gasteiger partial charge in [0, 0.05) is 12.2 Å². The predicted molar refractivity (Wildman–Crippen MR) is 207 cm³/mol. The van der Waals surface area contributed by atoms with E-state index in [1.807, 2.05) is 0 Å². The third kappa shape index (κ3) is 33.3. The van der Waals surface area contributed by atoms with E-state index < -0.39 is 67.6 Å². The van der Waals surface area contributed by atoms with Gasteiger partial charge in [0.25, 0.3) is 0 Å². The number of hydrogen-bond donors (Lipinski definition) is 12. The van der Waals surface area contributed by atoms with Crippen LogP contribution < -0.4 is 9.80 Å². The monoisotopic (exact) mass is 880 g/mol. The quantitative estimate of drug-likeness (QED) is 0.0154. The summed E-state index contributed by atoms with van der Waals surface area (Å²) in [5.41, 5.74) is 0. The molecule has 12 N–H and O–H groups in total. The van der Waals surface area contributed by atoms with Gasteiger partial charge in [0.1, 0.15) is 95.2 Å². The van der Waals surface area contributed by atoms with Crippen LogP contribution in [0.25, 0.3) is 0 Å². The minimum atomic E-state index is -1.64. The summed E-state index contributed by atoms with van der Waals surface area (Å²) in [5, 5.41) is 98.2. The molecule has 354 valence electrons. The van der Waals surface area contributed by atoms with Gasteiger partial charge in [0.05, 0.1) is 99.1 Å². The maximum Gasteiger partial charge on any atom is 0.332 e. The number of carbonyl (C=O) groups excluding carboxylic acids is 2. The van der Waals surface area contributed by atoms with Crippen molar-refractivity contribution in [2.24, 2.45) is 0 Å². The first-order chi connectivity index (χ1) is 28.8. The highest BCUT2D eigenvalue weighted by molar-refractivity contribution is 5.81. The summed E-state index contributed by atoms with van der Waals surface area (Å²) >= 11 is 0. The molecule has 0 heterocycles. The second-order valence-corrected chi connectivity index (χ2v) is 13.6. The maximum absolute atomic E-state index is 11.4. The van der Waals surface area contributed by atoms with Gasteiger partial charge < -0.3 is 103 Å². The Morgan fingerprint density at radius 3 is 1.15 bits per heavy atom. The van der Waals surface area contributed by atoms with Crippen molar-refractivity contribution in [2.45, 2.75) is 49.0 Å². The first kappa shape index (κ1) is 57.7. The van der Waals surface area contributed by atoms with Crippen LogP contribution in [0.5, 0.6) is 0 Å². The lowest BCUT2D eigenvalue weighted by atomic mass is 10.3. The lowest BCUT2D eigenvalue weighted by Gasteiger charge is -2.23. The lowest BCUT2D eigenvalue weighted by Crippen LogP contribution is -3.14. The average Bonchev–Trinajstić information content (AvgIpc) is 3.20. The molecule has 0 aliphatic carbocycles. The van der Waals surface area contributed by atoms with E-state index in [1.54, 1.807) is 0 Å². The van der Waals surface area contributed by atoms with Crippen molar-refractivity contribution in [3.8, 4) is 0 Å². The van der Waals surface area contributed by atoms with Gasteiger partial charge in [-0.05, 0) is 0 Å². The summed E-state index contributed by atoms with van der Waals surface area (Å²) in [6, 6.07) is 0. The molecule has 0 bridgehead atoms. The van der Waals surface area contributed by atoms with E-state index in [0.29, 0.717) is 26.2 Å². The van der Waals surface area contributed by atoms with E-state index in [0.717, 1.165) is 22.0 Å². The highest BCUT2D eigenvalue weighted by atomic mass is 16.7. The molecule has 0 spiro atoms. The largest absolute Gasteiger partial charge is 0.460 e. The molecule has 60 heavy (non-hydrogen) atoms. The minimum absolute atomic E-state index is 0.104. The molecule has 0 aliphatic heterocycles. The molecule has 0 saturated carbocycles. The van der Waals surface area contributed by atoms with Crippen molar-refractivity contribution in [3.05, 3.63) is 25.3 Å². The van der Waals surface area contributed by atoms with Gasteiger partial charge in [-0.25, -0.2) is 9.59 Å². The molecule has 0 amide bonds. The Hall–Kier alpha value is -2.34. The third-order valence-electron chi connectivity index (χ3n) is 7.99. The van der Waals surface area contributed by atoms with Crippen LogP contribution in [0.1, 0.15) is 0 Å². The smallest absolute Gasteiger partial charge is 0.332 e. The SMILES string of the molecule is C=CC(=O)OCC(O)COC(COCC(O)COCC(COCC(O)COCC(O)C[NH+](CCO)CCO)OCC(O)OC(=O)C=C)COCC(O)C[NH+](CCO)CCO. The molecule has 0 aromatic heterocycles. The second kappa shape index (κ2) is 38.3. The van der Waals surface area contributed by atoms with Crippen LogP contribution in [0.2, 0.25) is 0 Å². The number of nitrogens with one attached hydrogen (secondary N) is 2. The Labute approximate surface area is 350 Å². The molecule has 0 fully saturated rings. The molecule has 0 saturated heterocycles. The molecule has 0 aromatic rings. The summed E-state index contributed by atoms with van der Waals surface area (Å²) in [7, 11) is 0. The summed E-state index contributed by atoms with van der Waals surface area (Å²) in [6.45, 7) is 4.95. The Balaban J connectivity index is 5.05. The minimum Gasteiger partial charge on any atom is -0.460 e. The van der Waals surface area contributed by atoms with Crippen molar-refractivity contribution < 1.29 is 113 Å². The molecule has 0 rings (SSSR count). The van der Waals surface area contributed by atoms with Crippen molar-refractivity contribution in [2.75, 3.05) is 152 Å². The first-order valence-electron chi connectivity index (χ1n) is 19.7. The zero-order chi connectivity index (χ0) is 45.0. The number of aliphatic hydroxyl groups excluding tert-OH is 10. The number of ether oxygens (including phenoxy) is 9. The Morgan fingerprint density at radius 1 is 0.450 bits per heavy atom. The van der Waals surface area contributed by atoms with Gasteiger partial charge in [-0.1, -0.05) is 13.2 Å². The number of esters is 2. The normalized spacial score (nSPS) is 15.9. The number of quaternary nitrogens is 2. The molecule has 8 atom stereocenters. The molecule has 0 aliphatic rings. The summed E-state index contributed by atoms with van der Waals surface area (Å²) in [4.78, 5) is 24.3. The van der Waals surface area contributed by atoms with Crippen LogP contribution in [0, 0.1) is 0 Å². The second-order valence-electron chi connectivity index (χ2n) is 13.6. The van der Waals surface area contributed by atoms with Crippen LogP contribution in [0.4, 0.5) is 0 Å². The van der Waals surface area contributed by atoms with E-state index in [-0.39, 0.29) is 119 Å². The van der Waals surface area contributed by atoms with E-state index in [4.69, 9.17) is 48.1 Å². The van der Waals surface area contributed by atoms with Crippen LogP contribution in [0.3, 0.4) is 0 Å². The first-order valence-corrected chi connectivity index (χ1v) is 19.7. The molecule has 0 aromatic carbocycles. The third-order valence-corrected chi connectivity index (χ3v) is 7.99. The highest BCUT2D eigenvalue weighted by Crippen LogP contribution is 2.04. The number of aliphatic hydroxyl groups is 10. The van der Waals surface area contributed by atoms with Crippen molar-refractivity contribution in [1.82, 2.24) is 0 Å². The Kier molecular flexibility index (Phi) is 36.8. The summed E-state index contributed by atoms with van der Waals surface area (Å²) in [6.07, 6.45) is -6.84. The standard InChI is InChI=1S/C37H70N2O21/c1-3-35(49)59-22-32(48)21-57-33(23-53-16-29(45)14-39(7-11-42)8-12-43)24-54-19-31(47)20-56-26-34(58-27-37(51)60-36(50)4-2)25-55-18-30(46)17-52-15-28(44)13-38(5-9-40)6-10-41/h3-4,28-34,37,40-48,51H,1-2,5-27H2/p+2. The van der Waals surface area contributed by atoms with Gasteiger partial charge >= 0.3 is 11.9 Å². The number of rotatable bonds is 43. The molecule has 23 heteroatoms. The van der Waals surface area contributed by atoms with Gasteiger partial charge in [-0.15, -0.1) is 0 Å². The highest BCUT2D eigenvalue weighted by Gasteiger charge is 2.21. The van der Waals surface area contributed by atoms with E-state index in [1.165, 1.54) is 0 Å². The van der Waals surface area contributed by atoms with E-state index in [9.17, 15) is 50.4 Å². The predicted octanol–water partition coefficient (Wildman–Crippen LogP) is -8.84. The van der Waals surface area contributed by atoms with Crippen LogP contribution in [-0.4, -0.2) is 264 Å². The van der Waals surface area contributed by atoms with Crippen LogP contribution >= 0.6 is 0 Å². The molecule has 8 unspecified atom stereocenters. The van der Waals surface area contributed by atoms with Crippen LogP contribution in [-0.2, 0) is 52.2 Å². The van der Waals surface area contributed by atoms with Gasteiger partial charge in [0.2, 0.25) is 6.29 Å².